The number of rotatable bonds is 12. The van der Waals surface area contributed by atoms with Gasteiger partial charge in [0.2, 0.25) is 17.7 Å². The normalized spacial score (nSPS) is 15.9. The summed E-state index contributed by atoms with van der Waals surface area (Å²) in [5.74, 6) is -3.83. The lowest BCUT2D eigenvalue weighted by molar-refractivity contribution is -0.141. The molecule has 3 amide bonds. The fraction of sp³-hybridized carbons (Fsp3) is 0.562. The number of aliphatic hydroxyl groups is 1. The van der Waals surface area contributed by atoms with Crippen LogP contribution in [0.25, 0.3) is 0 Å². The highest BCUT2D eigenvalue weighted by Crippen LogP contribution is 2.02. The summed E-state index contributed by atoms with van der Waals surface area (Å²) in [6.45, 7) is 1.33. The van der Waals surface area contributed by atoms with Gasteiger partial charge < -0.3 is 36.9 Å². The zero-order chi connectivity index (χ0) is 22.8. The maximum Gasteiger partial charge on any atom is 0.327 e. The number of aromatic amines is 1. The minimum absolute atomic E-state index is 0.000591. The number of aliphatic carboxylic acids is 1. The number of imidazole rings is 1. The largest absolute Gasteiger partial charge is 0.480 e. The van der Waals surface area contributed by atoms with Crippen molar-refractivity contribution in [3.05, 3.63) is 18.2 Å². The molecule has 0 aromatic carbocycles. The Balaban J connectivity index is 2.91. The smallest absolute Gasteiger partial charge is 0.327 e. The second-order valence-corrected chi connectivity index (χ2v) is 7.16. The van der Waals surface area contributed by atoms with Crippen LogP contribution in [0.2, 0.25) is 0 Å². The lowest BCUT2D eigenvalue weighted by Crippen LogP contribution is -2.59. The minimum atomic E-state index is -1.28. The molecule has 5 unspecified atom stereocenters. The summed E-state index contributed by atoms with van der Waals surface area (Å²) in [5.41, 5.74) is 6.13. The average Bonchev–Trinajstić information content (AvgIpc) is 3.21. The number of carbonyl (C=O) groups is 4. The van der Waals surface area contributed by atoms with Crippen molar-refractivity contribution in [3.63, 3.8) is 0 Å². The molecule has 0 aliphatic heterocycles. The molecule has 30 heavy (non-hydrogen) atoms. The minimum Gasteiger partial charge on any atom is -0.480 e. The number of hydrogen-bond acceptors (Lipinski definition) is 9. The van der Waals surface area contributed by atoms with E-state index in [1.807, 2.05) is 0 Å². The number of hydrogen-bond donors (Lipinski definition) is 9. The first kappa shape index (κ1) is 25.7. The molecule has 168 valence electrons. The number of carboxylic acid groups (broad SMARTS) is 1. The molecule has 1 aromatic heterocycles. The molecule has 5 atom stereocenters. The number of aliphatic hydroxyl groups excluding tert-OH is 1. The molecule has 1 rings (SSSR count). The number of thiol groups is 2. The molecule has 0 saturated heterocycles. The van der Waals surface area contributed by atoms with Crippen LogP contribution in [-0.2, 0) is 25.6 Å². The molecule has 8 N–H and O–H groups in total. The zero-order valence-corrected chi connectivity index (χ0v) is 17.9. The van der Waals surface area contributed by atoms with Crippen LogP contribution in [0.15, 0.2) is 12.5 Å². The van der Waals surface area contributed by atoms with Crippen LogP contribution >= 0.6 is 25.3 Å². The van der Waals surface area contributed by atoms with E-state index in [0.29, 0.717) is 5.69 Å². The second kappa shape index (κ2) is 12.4. The van der Waals surface area contributed by atoms with Crippen LogP contribution in [0.4, 0.5) is 0 Å². The van der Waals surface area contributed by atoms with Gasteiger partial charge in [-0.2, -0.15) is 25.3 Å². The maximum absolute atomic E-state index is 12.8. The van der Waals surface area contributed by atoms with Crippen molar-refractivity contribution in [1.29, 1.82) is 0 Å². The van der Waals surface area contributed by atoms with Gasteiger partial charge in [-0.05, 0) is 6.92 Å². The zero-order valence-electron chi connectivity index (χ0n) is 16.1. The van der Waals surface area contributed by atoms with Crippen LogP contribution < -0.4 is 21.7 Å². The number of nitrogens with two attached hydrogens (primary N) is 1. The molecule has 0 spiro atoms. The van der Waals surface area contributed by atoms with E-state index in [0.717, 1.165) is 0 Å². The number of nitrogens with zero attached hydrogens (tertiary/aromatic N) is 1. The van der Waals surface area contributed by atoms with Crippen molar-refractivity contribution >= 4 is 48.9 Å². The molecule has 12 nitrogen and oxygen atoms in total. The number of carbonyl (C=O) groups excluding carboxylic acids is 3. The van der Waals surface area contributed by atoms with E-state index in [4.69, 9.17) is 10.8 Å². The summed E-state index contributed by atoms with van der Waals surface area (Å²) < 4.78 is 0. The van der Waals surface area contributed by atoms with Gasteiger partial charge in [-0.15, -0.1) is 0 Å². The van der Waals surface area contributed by atoms with Crippen LogP contribution in [0.5, 0.6) is 0 Å². The summed E-state index contributed by atoms with van der Waals surface area (Å²) in [7, 11) is 0. The molecule has 1 aromatic rings. The Morgan fingerprint density at radius 1 is 1.07 bits per heavy atom. The van der Waals surface area contributed by atoms with Crippen LogP contribution in [0.3, 0.4) is 0 Å². The third-order valence-corrected chi connectivity index (χ3v) is 4.78. The Kier molecular flexibility index (Phi) is 10.7. The van der Waals surface area contributed by atoms with Gasteiger partial charge in [-0.3, -0.25) is 14.4 Å². The third-order valence-electron chi connectivity index (χ3n) is 4.05. The van der Waals surface area contributed by atoms with E-state index in [9.17, 15) is 24.3 Å². The van der Waals surface area contributed by atoms with Crippen LogP contribution in [0, 0.1) is 0 Å². The molecular formula is C16H26N6O6S2. The Bertz CT molecular complexity index is 732. The van der Waals surface area contributed by atoms with Crippen molar-refractivity contribution in [3.8, 4) is 0 Å². The fourth-order valence-electron chi connectivity index (χ4n) is 2.24. The molecular weight excluding hydrogens is 436 g/mol. The molecule has 0 radical (unpaired) electrons. The van der Waals surface area contributed by atoms with Gasteiger partial charge in [0.25, 0.3) is 0 Å². The van der Waals surface area contributed by atoms with Crippen molar-refractivity contribution < 1.29 is 29.4 Å². The van der Waals surface area contributed by atoms with Gasteiger partial charge in [0.05, 0.1) is 12.4 Å². The predicted molar refractivity (Wildman–Crippen MR) is 113 cm³/mol. The maximum atomic E-state index is 12.8. The quantitative estimate of drug-likeness (QED) is 0.147. The summed E-state index contributed by atoms with van der Waals surface area (Å²) in [5, 5.41) is 25.6. The van der Waals surface area contributed by atoms with E-state index in [-0.39, 0.29) is 17.9 Å². The summed E-state index contributed by atoms with van der Waals surface area (Å²) in [4.78, 5) is 55.0. The molecule has 0 aliphatic rings. The molecule has 1 heterocycles. The monoisotopic (exact) mass is 462 g/mol. The highest BCUT2D eigenvalue weighted by atomic mass is 32.1. The van der Waals surface area contributed by atoms with Crippen molar-refractivity contribution in [2.45, 2.75) is 43.6 Å². The summed E-state index contributed by atoms with van der Waals surface area (Å²) >= 11 is 7.88. The Morgan fingerprint density at radius 3 is 2.07 bits per heavy atom. The first-order valence-electron chi connectivity index (χ1n) is 8.87. The van der Waals surface area contributed by atoms with Gasteiger partial charge in [-0.1, -0.05) is 0 Å². The van der Waals surface area contributed by atoms with Crippen molar-refractivity contribution in [2.24, 2.45) is 5.73 Å². The Morgan fingerprint density at radius 2 is 1.60 bits per heavy atom. The van der Waals surface area contributed by atoms with E-state index in [2.05, 4.69) is 51.2 Å². The molecule has 0 saturated carbocycles. The summed E-state index contributed by atoms with van der Waals surface area (Å²) in [6, 6.07) is -4.84. The van der Waals surface area contributed by atoms with E-state index in [1.54, 1.807) is 0 Å². The van der Waals surface area contributed by atoms with E-state index < -0.39 is 54.0 Å². The Labute approximate surface area is 183 Å². The Hall–Kier alpha value is -2.29. The number of H-pyrrole nitrogens is 1. The molecule has 0 aliphatic carbocycles. The average molecular weight is 463 g/mol. The van der Waals surface area contributed by atoms with Gasteiger partial charge in [0, 0.05) is 29.8 Å². The lowest BCUT2D eigenvalue weighted by Gasteiger charge is -2.24. The van der Waals surface area contributed by atoms with E-state index >= 15 is 0 Å². The highest BCUT2D eigenvalue weighted by molar-refractivity contribution is 7.80. The van der Waals surface area contributed by atoms with Crippen LogP contribution in [-0.4, -0.2) is 85.6 Å². The third kappa shape index (κ3) is 7.85. The molecule has 14 heteroatoms. The number of aromatic nitrogens is 2. The molecule has 0 bridgehead atoms. The molecule has 0 fully saturated rings. The van der Waals surface area contributed by atoms with Gasteiger partial charge in [0.1, 0.15) is 24.2 Å². The van der Waals surface area contributed by atoms with Crippen molar-refractivity contribution in [1.82, 2.24) is 25.9 Å². The predicted octanol–water partition coefficient (Wildman–Crippen LogP) is -2.94. The second-order valence-electron chi connectivity index (χ2n) is 6.43. The topological polar surface area (TPSA) is 200 Å². The first-order chi connectivity index (χ1) is 14.1. The highest BCUT2D eigenvalue weighted by Gasteiger charge is 2.30. The number of amides is 3. The first-order valence-corrected chi connectivity index (χ1v) is 10.1. The number of nitrogens with one attached hydrogen (secondary N) is 4. The summed E-state index contributed by atoms with van der Waals surface area (Å²) in [6.07, 6.45) is 1.69. The van der Waals surface area contributed by atoms with E-state index in [1.165, 1.54) is 19.4 Å². The SMILES string of the molecule is CC(O)C(N)C(=O)NC(Cc1cnc[nH]1)C(=O)NC(CS)C(=O)NC(CS)C(=O)O. The van der Waals surface area contributed by atoms with Crippen LogP contribution in [0.1, 0.15) is 12.6 Å². The fourth-order valence-corrected chi connectivity index (χ4v) is 2.74. The standard InChI is InChI=1S/C16H26N6O6S2/c1-7(23)12(17)15(26)20-9(2-8-3-18-6-19-8)13(24)21-10(4-29)14(25)22-11(5-30)16(27)28/h3,6-7,9-12,23,29-30H,2,4-5,17H2,1H3,(H,18,19)(H,20,26)(H,21,24)(H,22,25)(H,27,28). The number of carboxylic acids is 1. The lowest BCUT2D eigenvalue weighted by atomic mass is 10.1. The van der Waals surface area contributed by atoms with Gasteiger partial charge in [-0.25, -0.2) is 9.78 Å². The van der Waals surface area contributed by atoms with Crippen molar-refractivity contribution in [2.75, 3.05) is 11.5 Å². The van der Waals surface area contributed by atoms with Gasteiger partial charge in [0.15, 0.2) is 0 Å². The van der Waals surface area contributed by atoms with Gasteiger partial charge >= 0.3 is 5.97 Å².